The van der Waals surface area contributed by atoms with Gasteiger partial charge in [-0.05, 0) is 79.3 Å². The summed E-state index contributed by atoms with van der Waals surface area (Å²) in [5, 5.41) is 9.35. The summed E-state index contributed by atoms with van der Waals surface area (Å²) in [6.45, 7) is 9.74. The number of morpholine rings is 1. The first-order chi connectivity index (χ1) is 16.7. The molecule has 1 fully saturated rings. The molecule has 0 unspecified atom stereocenters. The lowest BCUT2D eigenvalue weighted by Gasteiger charge is -2.31. The van der Waals surface area contributed by atoms with Crippen LogP contribution in [-0.2, 0) is 4.74 Å². The van der Waals surface area contributed by atoms with Gasteiger partial charge in [-0.2, -0.15) is 10.2 Å². The molecule has 1 aliphatic carbocycles. The van der Waals surface area contributed by atoms with Crippen LogP contribution in [0, 0.1) is 0 Å². The molecule has 5 nitrogen and oxygen atoms in total. The molecule has 0 bridgehead atoms. The fourth-order valence-electron chi connectivity index (χ4n) is 4.49. The van der Waals surface area contributed by atoms with E-state index in [0.717, 1.165) is 57.8 Å². The molecule has 2 aromatic carbocycles. The molecule has 1 saturated heterocycles. The van der Waals surface area contributed by atoms with Crippen LogP contribution < -0.4 is 4.90 Å². The van der Waals surface area contributed by atoms with E-state index >= 15 is 0 Å². The van der Waals surface area contributed by atoms with Crippen LogP contribution >= 0.6 is 11.6 Å². The summed E-state index contributed by atoms with van der Waals surface area (Å²) in [6, 6.07) is 16.5. The van der Waals surface area contributed by atoms with Crippen molar-refractivity contribution in [2.24, 2.45) is 10.2 Å². The van der Waals surface area contributed by atoms with E-state index in [1.165, 1.54) is 28.1 Å². The van der Waals surface area contributed by atoms with Gasteiger partial charge in [0.25, 0.3) is 0 Å². The van der Waals surface area contributed by atoms with Gasteiger partial charge in [-0.1, -0.05) is 35.9 Å². The Kier molecular flexibility index (Phi) is 8.56. The van der Waals surface area contributed by atoms with Crippen LogP contribution in [0.25, 0.3) is 6.08 Å². The van der Waals surface area contributed by atoms with Crippen molar-refractivity contribution in [1.29, 1.82) is 0 Å². The van der Waals surface area contributed by atoms with Crippen molar-refractivity contribution in [2.75, 3.05) is 44.3 Å². The van der Waals surface area contributed by atoms with Crippen molar-refractivity contribution >= 4 is 35.8 Å². The van der Waals surface area contributed by atoms with Crippen LogP contribution in [0.15, 0.2) is 75.6 Å². The smallest absolute Gasteiger partial charge is 0.0642 e. The number of rotatable bonds is 8. The molecule has 0 atom stereocenters. The highest BCUT2D eigenvalue weighted by Crippen LogP contribution is 2.35. The van der Waals surface area contributed by atoms with Gasteiger partial charge in [-0.15, -0.1) is 0 Å². The van der Waals surface area contributed by atoms with E-state index in [1.54, 1.807) is 6.21 Å². The van der Waals surface area contributed by atoms with E-state index in [2.05, 4.69) is 64.2 Å². The number of ether oxygens (including phenoxy) is 1. The molecular formula is C28H33ClN4O. The Labute approximate surface area is 208 Å². The summed E-state index contributed by atoms with van der Waals surface area (Å²) in [5.41, 5.74) is 7.37. The second-order valence-corrected chi connectivity index (χ2v) is 8.88. The fourth-order valence-corrected chi connectivity index (χ4v) is 4.62. The van der Waals surface area contributed by atoms with Crippen molar-refractivity contribution in [1.82, 2.24) is 4.90 Å². The molecule has 2 aromatic rings. The van der Waals surface area contributed by atoms with Gasteiger partial charge in [0, 0.05) is 42.6 Å². The first kappa shape index (κ1) is 24.2. The third-order valence-corrected chi connectivity index (χ3v) is 6.57. The molecule has 6 heteroatoms. The minimum atomic E-state index is 0.717. The fraction of sp³-hybridized carbons (Fsp3) is 0.357. The number of anilines is 1. The van der Waals surface area contributed by atoms with Gasteiger partial charge in [0.15, 0.2) is 0 Å². The highest BCUT2D eigenvalue weighted by Gasteiger charge is 2.25. The topological polar surface area (TPSA) is 40.4 Å². The lowest BCUT2D eigenvalue weighted by Crippen LogP contribution is -2.36. The van der Waals surface area contributed by atoms with Crippen molar-refractivity contribution in [2.45, 2.75) is 26.7 Å². The van der Waals surface area contributed by atoms with Gasteiger partial charge in [0.1, 0.15) is 0 Å². The van der Waals surface area contributed by atoms with Crippen LogP contribution in [0.1, 0.15) is 37.8 Å². The Hall–Kier alpha value is -2.89. The molecule has 0 saturated carbocycles. The van der Waals surface area contributed by atoms with E-state index in [9.17, 15) is 0 Å². The van der Waals surface area contributed by atoms with Gasteiger partial charge >= 0.3 is 0 Å². The normalized spacial score (nSPS) is 18.1. The van der Waals surface area contributed by atoms with Gasteiger partial charge in [0.05, 0.1) is 25.6 Å². The van der Waals surface area contributed by atoms with E-state index in [4.69, 9.17) is 16.3 Å². The third kappa shape index (κ3) is 6.16. The zero-order valence-electron chi connectivity index (χ0n) is 20.1. The van der Waals surface area contributed by atoms with Gasteiger partial charge in [-0.3, -0.25) is 0 Å². The zero-order chi connectivity index (χ0) is 23.8. The molecule has 1 aliphatic heterocycles. The number of allylic oxidation sites excluding steroid dienone is 2. The quantitative estimate of drug-likeness (QED) is 0.343. The van der Waals surface area contributed by atoms with Gasteiger partial charge < -0.3 is 14.5 Å². The molecule has 4 rings (SSSR count). The Morgan fingerprint density at radius 3 is 2.21 bits per heavy atom. The van der Waals surface area contributed by atoms with Gasteiger partial charge in [-0.25, -0.2) is 0 Å². The summed E-state index contributed by atoms with van der Waals surface area (Å²) in [5.74, 6) is 0. The largest absolute Gasteiger partial charge is 0.378 e. The monoisotopic (exact) mass is 476 g/mol. The minimum Gasteiger partial charge on any atom is -0.378 e. The van der Waals surface area contributed by atoms with Crippen molar-refractivity contribution in [3.63, 3.8) is 0 Å². The first-order valence-corrected chi connectivity index (χ1v) is 12.5. The molecule has 2 aliphatic rings. The predicted molar refractivity (Wildman–Crippen MR) is 144 cm³/mol. The third-order valence-electron chi connectivity index (χ3n) is 6.32. The average molecular weight is 477 g/mol. The number of halogens is 1. The maximum absolute atomic E-state index is 5.95. The Morgan fingerprint density at radius 2 is 1.53 bits per heavy atom. The molecular weight excluding hydrogens is 444 g/mol. The van der Waals surface area contributed by atoms with E-state index in [-0.39, 0.29) is 0 Å². The van der Waals surface area contributed by atoms with E-state index in [1.807, 2.05) is 30.5 Å². The molecule has 34 heavy (non-hydrogen) atoms. The second-order valence-electron chi connectivity index (χ2n) is 8.45. The van der Waals surface area contributed by atoms with Crippen LogP contribution in [0.2, 0.25) is 5.02 Å². The van der Waals surface area contributed by atoms with Crippen LogP contribution in [0.5, 0.6) is 0 Å². The molecule has 0 N–H and O–H groups in total. The second kappa shape index (κ2) is 12.0. The Bertz CT molecular complexity index is 1060. The number of nitrogens with zero attached hydrogens (tertiary/aromatic N) is 4. The summed E-state index contributed by atoms with van der Waals surface area (Å²) >= 11 is 5.95. The van der Waals surface area contributed by atoms with Crippen molar-refractivity contribution < 1.29 is 4.74 Å². The van der Waals surface area contributed by atoms with Crippen molar-refractivity contribution in [3.8, 4) is 0 Å². The van der Waals surface area contributed by atoms with Gasteiger partial charge in [0.2, 0.25) is 0 Å². The predicted octanol–water partition coefficient (Wildman–Crippen LogP) is 6.05. The zero-order valence-corrected chi connectivity index (χ0v) is 20.8. The summed E-state index contributed by atoms with van der Waals surface area (Å²) in [6.07, 6.45) is 7.98. The molecule has 1 heterocycles. The lowest BCUT2D eigenvalue weighted by atomic mass is 10.1. The average Bonchev–Trinajstić information content (AvgIpc) is 3.27. The molecule has 0 radical (unpaired) electrons. The van der Waals surface area contributed by atoms with Crippen LogP contribution in [0.3, 0.4) is 0 Å². The summed E-state index contributed by atoms with van der Waals surface area (Å²) < 4.78 is 5.61. The molecule has 0 amide bonds. The summed E-state index contributed by atoms with van der Waals surface area (Å²) in [4.78, 5) is 4.81. The van der Waals surface area contributed by atoms with E-state index < -0.39 is 0 Å². The molecule has 178 valence electrons. The maximum Gasteiger partial charge on any atom is 0.0642 e. The highest BCUT2D eigenvalue weighted by molar-refractivity contribution is 6.30. The number of hydrogen-bond donors (Lipinski definition) is 0. The Balaban J connectivity index is 1.56. The standard InChI is InChI=1S/C28H33ClN4O/c1-3-32(4-2)27-13-7-22(8-14-27)19-24-9-10-25(28(24)33-15-17-34-18-16-33)21-31-30-20-23-5-11-26(29)12-6-23/h5-8,11-14,19-21H,3-4,9-10,15-18H2,1-2H3/b24-19+,30-20-,31-21-. The number of hydrogen-bond acceptors (Lipinski definition) is 5. The van der Waals surface area contributed by atoms with Crippen molar-refractivity contribution in [3.05, 3.63) is 81.5 Å². The maximum atomic E-state index is 5.95. The molecule has 0 aromatic heterocycles. The molecule has 0 spiro atoms. The number of benzene rings is 2. The first-order valence-electron chi connectivity index (χ1n) is 12.1. The summed E-state index contributed by atoms with van der Waals surface area (Å²) in [7, 11) is 0. The van der Waals surface area contributed by atoms with Crippen LogP contribution in [-0.4, -0.2) is 56.7 Å². The lowest BCUT2D eigenvalue weighted by molar-refractivity contribution is 0.0548. The van der Waals surface area contributed by atoms with E-state index in [0.29, 0.717) is 5.02 Å². The van der Waals surface area contributed by atoms with Crippen LogP contribution in [0.4, 0.5) is 5.69 Å². The minimum absolute atomic E-state index is 0.717. The Morgan fingerprint density at radius 1 is 0.882 bits per heavy atom. The SMILES string of the molecule is CCN(CC)c1ccc(/C=C2\CCC(/C=N\N=C/c3ccc(Cl)cc3)=C2N2CCOCC2)cc1. The highest BCUT2D eigenvalue weighted by atomic mass is 35.5.